The summed E-state index contributed by atoms with van der Waals surface area (Å²) in [6.07, 6.45) is 0.264. The monoisotopic (exact) mass is 354 g/mol. The molecule has 0 aliphatic carbocycles. The van der Waals surface area contributed by atoms with Gasteiger partial charge >= 0.3 is 0 Å². The average Bonchev–Trinajstić information content (AvgIpc) is 2.80. The Morgan fingerprint density at radius 1 is 1.35 bits per heavy atom. The van der Waals surface area contributed by atoms with Gasteiger partial charge in [-0.05, 0) is 46.4 Å². The van der Waals surface area contributed by atoms with Gasteiger partial charge in [0.15, 0.2) is 5.78 Å². The Kier molecular flexibility index (Phi) is 4.60. The molecule has 1 aromatic heterocycles. The smallest absolute Gasteiger partial charge is 0.173 e. The highest BCUT2D eigenvalue weighted by Gasteiger charge is 2.17. The van der Waals surface area contributed by atoms with Crippen molar-refractivity contribution < 1.29 is 14.3 Å². The number of methoxy groups -OCH3 is 1. The van der Waals surface area contributed by atoms with Gasteiger partial charge in [-0.2, -0.15) is 0 Å². The molecule has 0 saturated heterocycles. The molecule has 0 fully saturated rings. The van der Waals surface area contributed by atoms with Gasteiger partial charge in [-0.25, -0.2) is 0 Å². The van der Waals surface area contributed by atoms with Crippen LogP contribution >= 0.6 is 27.3 Å². The van der Waals surface area contributed by atoms with E-state index in [4.69, 9.17) is 4.74 Å². The average molecular weight is 355 g/mol. The van der Waals surface area contributed by atoms with E-state index in [-0.39, 0.29) is 23.9 Å². The summed E-state index contributed by atoms with van der Waals surface area (Å²) in [5.41, 5.74) is 0. The van der Waals surface area contributed by atoms with Crippen molar-refractivity contribution >= 4 is 48.9 Å². The Balaban J connectivity index is 2.32. The number of carbonyl (C=O) groups excluding carboxylic acids is 2. The van der Waals surface area contributed by atoms with E-state index in [0.717, 1.165) is 20.3 Å². The number of hydrogen-bond donors (Lipinski definition) is 0. The van der Waals surface area contributed by atoms with Gasteiger partial charge in [0.1, 0.15) is 11.5 Å². The van der Waals surface area contributed by atoms with Gasteiger partial charge in [0.2, 0.25) is 0 Å². The number of halogens is 1. The summed E-state index contributed by atoms with van der Waals surface area (Å²) in [6, 6.07) is 5.72. The lowest BCUT2D eigenvalue weighted by Crippen LogP contribution is -2.11. The van der Waals surface area contributed by atoms with Crippen molar-refractivity contribution in [2.45, 2.75) is 20.3 Å². The van der Waals surface area contributed by atoms with E-state index in [1.165, 1.54) is 18.3 Å². The van der Waals surface area contributed by atoms with E-state index in [9.17, 15) is 9.59 Å². The van der Waals surface area contributed by atoms with Gasteiger partial charge in [0, 0.05) is 17.0 Å². The summed E-state index contributed by atoms with van der Waals surface area (Å²) in [7, 11) is 1.61. The second-order valence-electron chi connectivity index (χ2n) is 4.77. The first-order valence-corrected chi connectivity index (χ1v) is 7.84. The third-order valence-corrected chi connectivity index (χ3v) is 5.01. The first kappa shape index (κ1) is 15.2. The lowest BCUT2D eigenvalue weighted by Gasteiger charge is -2.04. The fourth-order valence-electron chi connectivity index (χ4n) is 1.86. The molecule has 0 bridgehead atoms. The van der Waals surface area contributed by atoms with E-state index in [1.54, 1.807) is 14.0 Å². The van der Waals surface area contributed by atoms with Crippen molar-refractivity contribution in [1.82, 2.24) is 0 Å². The van der Waals surface area contributed by atoms with E-state index >= 15 is 0 Å². The van der Waals surface area contributed by atoms with Crippen molar-refractivity contribution in [3.63, 3.8) is 0 Å². The summed E-state index contributed by atoms with van der Waals surface area (Å²) >= 11 is 4.88. The molecule has 0 spiro atoms. The van der Waals surface area contributed by atoms with Crippen LogP contribution in [0.3, 0.4) is 0 Å². The molecule has 0 unspecified atom stereocenters. The van der Waals surface area contributed by atoms with Crippen molar-refractivity contribution in [3.05, 3.63) is 27.5 Å². The van der Waals surface area contributed by atoms with Gasteiger partial charge in [-0.3, -0.25) is 9.59 Å². The lowest BCUT2D eigenvalue weighted by molar-refractivity contribution is -0.120. The largest absolute Gasteiger partial charge is 0.496 e. The molecule has 106 valence electrons. The predicted molar refractivity (Wildman–Crippen MR) is 84.9 cm³/mol. The van der Waals surface area contributed by atoms with E-state index in [1.807, 2.05) is 18.2 Å². The summed E-state index contributed by atoms with van der Waals surface area (Å²) < 4.78 is 7.14. The zero-order chi connectivity index (χ0) is 14.9. The molecule has 0 aliphatic heterocycles. The minimum Gasteiger partial charge on any atom is -0.496 e. The van der Waals surface area contributed by atoms with Gasteiger partial charge < -0.3 is 4.74 Å². The van der Waals surface area contributed by atoms with Crippen LogP contribution in [0.25, 0.3) is 10.1 Å². The topological polar surface area (TPSA) is 43.4 Å². The standard InChI is InChI=1S/C15H15BrO3S/c1-8(9(2)17)4-12(18)15-6-10-5-13(19-3)11(16)7-14(10)20-15/h5-8H,4H2,1-3H3/t8-/m0/s1. The molecule has 1 aromatic carbocycles. The first-order valence-electron chi connectivity index (χ1n) is 6.23. The third kappa shape index (κ3) is 3.10. The molecule has 3 nitrogen and oxygen atoms in total. The van der Waals surface area contributed by atoms with Gasteiger partial charge in [-0.1, -0.05) is 6.92 Å². The normalized spacial score (nSPS) is 12.4. The maximum atomic E-state index is 12.2. The van der Waals surface area contributed by atoms with Crippen LogP contribution in [0.4, 0.5) is 0 Å². The van der Waals surface area contributed by atoms with Crippen molar-refractivity contribution in [1.29, 1.82) is 0 Å². The van der Waals surface area contributed by atoms with Crippen molar-refractivity contribution in [2.75, 3.05) is 7.11 Å². The minimum atomic E-state index is -0.228. The number of benzene rings is 1. The molecule has 0 saturated carbocycles. The zero-order valence-corrected chi connectivity index (χ0v) is 13.9. The Bertz CT molecular complexity index is 675. The second-order valence-corrected chi connectivity index (χ2v) is 6.71. The Morgan fingerprint density at radius 2 is 2.05 bits per heavy atom. The number of thiophene rings is 1. The lowest BCUT2D eigenvalue weighted by atomic mass is 10.0. The van der Waals surface area contributed by atoms with Crippen LogP contribution in [0.2, 0.25) is 0 Å². The van der Waals surface area contributed by atoms with E-state index in [0.29, 0.717) is 4.88 Å². The minimum absolute atomic E-state index is 0.0176. The number of ether oxygens (including phenoxy) is 1. The highest BCUT2D eigenvalue weighted by molar-refractivity contribution is 9.10. The highest BCUT2D eigenvalue weighted by Crippen LogP contribution is 2.35. The quantitative estimate of drug-likeness (QED) is 0.744. The van der Waals surface area contributed by atoms with Crippen LogP contribution in [0.15, 0.2) is 22.7 Å². The van der Waals surface area contributed by atoms with E-state index in [2.05, 4.69) is 15.9 Å². The molecule has 2 rings (SSSR count). The van der Waals surface area contributed by atoms with Crippen molar-refractivity contribution in [2.24, 2.45) is 5.92 Å². The highest BCUT2D eigenvalue weighted by atomic mass is 79.9. The predicted octanol–water partition coefficient (Wildman–Crippen LogP) is 4.47. The van der Waals surface area contributed by atoms with Crippen LogP contribution in [0.5, 0.6) is 5.75 Å². The molecule has 0 amide bonds. The SMILES string of the molecule is COc1cc2cc(C(=O)C[C@H](C)C(C)=O)sc2cc1Br. The Hall–Kier alpha value is -1.20. The molecular formula is C15H15BrO3S. The molecule has 20 heavy (non-hydrogen) atoms. The number of carbonyl (C=O) groups is 2. The summed E-state index contributed by atoms with van der Waals surface area (Å²) in [5, 5.41) is 0.980. The fourth-order valence-corrected chi connectivity index (χ4v) is 3.55. The Morgan fingerprint density at radius 3 is 2.65 bits per heavy atom. The summed E-state index contributed by atoms with van der Waals surface area (Å²) in [4.78, 5) is 24.1. The molecule has 0 aliphatic rings. The third-order valence-electron chi connectivity index (χ3n) is 3.25. The van der Waals surface area contributed by atoms with Crippen LogP contribution in [0, 0.1) is 5.92 Å². The van der Waals surface area contributed by atoms with Crippen LogP contribution in [-0.4, -0.2) is 18.7 Å². The summed E-state index contributed by atoms with van der Waals surface area (Å²) in [5.74, 6) is 0.577. The summed E-state index contributed by atoms with van der Waals surface area (Å²) in [6.45, 7) is 3.30. The molecule has 0 N–H and O–H groups in total. The molecule has 1 heterocycles. The maximum absolute atomic E-state index is 12.2. The van der Waals surface area contributed by atoms with Gasteiger partial charge in [0.25, 0.3) is 0 Å². The molecule has 0 radical (unpaired) electrons. The van der Waals surface area contributed by atoms with Crippen LogP contribution in [0.1, 0.15) is 29.9 Å². The number of rotatable bonds is 5. The van der Waals surface area contributed by atoms with Crippen LogP contribution in [-0.2, 0) is 4.79 Å². The van der Waals surface area contributed by atoms with Gasteiger partial charge in [0.05, 0.1) is 16.5 Å². The molecule has 5 heteroatoms. The number of ketones is 2. The molecule has 2 aromatic rings. The zero-order valence-electron chi connectivity index (χ0n) is 11.5. The second kappa shape index (κ2) is 6.06. The number of Topliss-reactive ketones (excluding diaryl/α,β-unsaturated/α-hetero) is 2. The fraction of sp³-hybridized carbons (Fsp3) is 0.333. The molecular weight excluding hydrogens is 340 g/mol. The number of hydrogen-bond acceptors (Lipinski definition) is 4. The van der Waals surface area contributed by atoms with E-state index < -0.39 is 0 Å². The Labute approximate surface area is 130 Å². The maximum Gasteiger partial charge on any atom is 0.173 e. The van der Waals surface area contributed by atoms with Crippen LogP contribution < -0.4 is 4.74 Å². The number of fused-ring (bicyclic) bond motifs is 1. The van der Waals surface area contributed by atoms with Gasteiger partial charge in [-0.15, -0.1) is 11.3 Å². The van der Waals surface area contributed by atoms with Crippen molar-refractivity contribution in [3.8, 4) is 5.75 Å². The molecule has 1 atom stereocenters. The first-order chi connectivity index (χ1) is 9.42.